The Morgan fingerprint density at radius 3 is 2.93 bits per heavy atom. The molecule has 82 valence electrons. The highest BCUT2D eigenvalue weighted by molar-refractivity contribution is 5.96. The molecule has 1 unspecified atom stereocenters. The second-order valence-corrected chi connectivity index (χ2v) is 4.45. The van der Waals surface area contributed by atoms with Gasteiger partial charge in [0.05, 0.1) is 6.26 Å². The summed E-state index contributed by atoms with van der Waals surface area (Å²) >= 11 is 0. The Balaban J connectivity index is 2.28. The lowest BCUT2D eigenvalue weighted by Crippen LogP contribution is -2.13. The smallest absolute Gasteiger partial charge is 0.201 e. The molecule has 0 saturated heterocycles. The summed E-state index contributed by atoms with van der Waals surface area (Å²) in [5, 5.41) is 0. The summed E-state index contributed by atoms with van der Waals surface area (Å²) in [7, 11) is 0. The summed E-state index contributed by atoms with van der Waals surface area (Å²) in [6, 6.07) is 0. The lowest BCUT2D eigenvalue weighted by molar-refractivity contribution is 0.0897. The van der Waals surface area contributed by atoms with Gasteiger partial charge in [-0.05, 0) is 37.7 Å². The highest BCUT2D eigenvalue weighted by Crippen LogP contribution is 2.28. The average Bonchev–Trinajstić information content (AvgIpc) is 2.70. The van der Waals surface area contributed by atoms with Crippen molar-refractivity contribution in [3.05, 3.63) is 23.2 Å². The molecule has 1 aliphatic carbocycles. The van der Waals surface area contributed by atoms with Crippen molar-refractivity contribution in [3.63, 3.8) is 0 Å². The van der Waals surface area contributed by atoms with Crippen molar-refractivity contribution in [1.82, 2.24) is 0 Å². The molecule has 0 N–H and O–H groups in total. The molecule has 1 heterocycles. The molecule has 1 aliphatic rings. The highest BCUT2D eigenvalue weighted by Gasteiger charge is 2.24. The molecule has 1 aromatic heterocycles. The average molecular weight is 206 g/mol. The number of rotatable bonds is 3. The van der Waals surface area contributed by atoms with Gasteiger partial charge in [-0.25, -0.2) is 0 Å². The monoisotopic (exact) mass is 206 g/mol. The third-order valence-electron chi connectivity index (χ3n) is 3.39. The van der Waals surface area contributed by atoms with E-state index < -0.39 is 0 Å². The summed E-state index contributed by atoms with van der Waals surface area (Å²) in [6.07, 6.45) is 7.17. The van der Waals surface area contributed by atoms with Gasteiger partial charge in [0.25, 0.3) is 0 Å². The zero-order chi connectivity index (χ0) is 10.8. The Bertz CT molecular complexity index is 363. The summed E-state index contributed by atoms with van der Waals surface area (Å²) < 4.78 is 5.45. The van der Waals surface area contributed by atoms with Crippen LogP contribution in [0.3, 0.4) is 0 Å². The van der Waals surface area contributed by atoms with Crippen LogP contribution in [-0.4, -0.2) is 5.78 Å². The summed E-state index contributed by atoms with van der Waals surface area (Å²) in [6.45, 7) is 4.01. The van der Waals surface area contributed by atoms with Crippen molar-refractivity contribution in [3.8, 4) is 0 Å². The van der Waals surface area contributed by atoms with Crippen molar-refractivity contribution >= 4 is 5.78 Å². The molecule has 0 aliphatic heterocycles. The number of hydrogen-bond acceptors (Lipinski definition) is 2. The van der Waals surface area contributed by atoms with E-state index in [1.807, 2.05) is 13.8 Å². The molecule has 2 nitrogen and oxygen atoms in total. The summed E-state index contributed by atoms with van der Waals surface area (Å²) in [5.41, 5.74) is 2.44. The largest absolute Gasteiger partial charge is 0.461 e. The quantitative estimate of drug-likeness (QED) is 0.709. The summed E-state index contributed by atoms with van der Waals surface area (Å²) in [4.78, 5) is 12.0. The van der Waals surface area contributed by atoms with Crippen molar-refractivity contribution in [2.45, 2.75) is 46.0 Å². The van der Waals surface area contributed by atoms with E-state index in [0.717, 1.165) is 19.3 Å². The molecular weight excluding hydrogens is 188 g/mol. The molecular formula is C13H18O2. The maximum atomic E-state index is 12.0. The number of fused-ring (bicyclic) bond motifs is 1. The van der Waals surface area contributed by atoms with E-state index in [0.29, 0.717) is 5.76 Å². The van der Waals surface area contributed by atoms with Gasteiger partial charge in [0, 0.05) is 11.5 Å². The SMILES string of the molecule is CCC(C)C(=O)c1occ2c1CCCC2. The van der Waals surface area contributed by atoms with Gasteiger partial charge in [-0.15, -0.1) is 0 Å². The maximum Gasteiger partial charge on any atom is 0.201 e. The van der Waals surface area contributed by atoms with E-state index in [2.05, 4.69) is 0 Å². The Morgan fingerprint density at radius 1 is 1.47 bits per heavy atom. The molecule has 1 atom stereocenters. The predicted octanol–water partition coefficient (Wildman–Crippen LogP) is 3.39. The van der Waals surface area contributed by atoms with Crippen molar-refractivity contribution in [2.24, 2.45) is 5.92 Å². The van der Waals surface area contributed by atoms with Crippen molar-refractivity contribution in [1.29, 1.82) is 0 Å². The first-order valence-corrected chi connectivity index (χ1v) is 5.87. The van der Waals surface area contributed by atoms with E-state index in [1.54, 1.807) is 6.26 Å². The fourth-order valence-corrected chi connectivity index (χ4v) is 2.14. The number of carbonyl (C=O) groups excluding carboxylic acids is 1. The van der Waals surface area contributed by atoms with Gasteiger partial charge in [0.2, 0.25) is 5.78 Å². The molecule has 0 fully saturated rings. The van der Waals surface area contributed by atoms with Crippen LogP contribution in [-0.2, 0) is 12.8 Å². The number of Topliss-reactive ketones (excluding diaryl/α,β-unsaturated/α-hetero) is 1. The fraction of sp³-hybridized carbons (Fsp3) is 0.615. The van der Waals surface area contributed by atoms with E-state index in [9.17, 15) is 4.79 Å². The Morgan fingerprint density at radius 2 is 2.20 bits per heavy atom. The Hall–Kier alpha value is -1.05. The van der Waals surface area contributed by atoms with Crippen LogP contribution >= 0.6 is 0 Å². The van der Waals surface area contributed by atoms with Crippen LogP contribution in [0.4, 0.5) is 0 Å². The minimum atomic E-state index is 0.0853. The van der Waals surface area contributed by atoms with Crippen LogP contribution in [0.25, 0.3) is 0 Å². The van der Waals surface area contributed by atoms with E-state index in [1.165, 1.54) is 24.0 Å². The summed E-state index contributed by atoms with van der Waals surface area (Å²) in [5.74, 6) is 0.905. The second-order valence-electron chi connectivity index (χ2n) is 4.45. The molecule has 0 amide bonds. The first-order valence-electron chi connectivity index (χ1n) is 5.87. The topological polar surface area (TPSA) is 30.2 Å². The third kappa shape index (κ3) is 1.85. The minimum absolute atomic E-state index is 0.0853. The second kappa shape index (κ2) is 4.21. The van der Waals surface area contributed by atoms with Gasteiger partial charge in [-0.1, -0.05) is 13.8 Å². The molecule has 2 rings (SSSR count). The van der Waals surface area contributed by atoms with Gasteiger partial charge in [0.15, 0.2) is 5.76 Å². The van der Waals surface area contributed by atoms with Crippen molar-refractivity contribution < 1.29 is 9.21 Å². The normalized spacial score (nSPS) is 17.2. The van der Waals surface area contributed by atoms with Crippen LogP contribution < -0.4 is 0 Å². The van der Waals surface area contributed by atoms with Crippen LogP contribution in [0.1, 0.15) is 54.8 Å². The van der Waals surface area contributed by atoms with Gasteiger partial charge in [-0.3, -0.25) is 4.79 Å². The van der Waals surface area contributed by atoms with Crippen molar-refractivity contribution in [2.75, 3.05) is 0 Å². The molecule has 0 bridgehead atoms. The van der Waals surface area contributed by atoms with Crippen LogP contribution in [0.15, 0.2) is 10.7 Å². The van der Waals surface area contributed by atoms with Gasteiger partial charge >= 0.3 is 0 Å². The first-order chi connectivity index (χ1) is 7.24. The number of ketones is 1. The predicted molar refractivity (Wildman–Crippen MR) is 59.1 cm³/mol. The van der Waals surface area contributed by atoms with E-state index >= 15 is 0 Å². The van der Waals surface area contributed by atoms with Crippen LogP contribution in [0, 0.1) is 5.92 Å². The molecule has 0 saturated carbocycles. The molecule has 2 heteroatoms. The number of aryl methyl sites for hydroxylation is 1. The van der Waals surface area contributed by atoms with E-state index in [-0.39, 0.29) is 11.7 Å². The van der Waals surface area contributed by atoms with Gasteiger partial charge in [0.1, 0.15) is 0 Å². The lowest BCUT2D eigenvalue weighted by atomic mass is 9.90. The first kappa shape index (κ1) is 10.5. The number of furan rings is 1. The van der Waals surface area contributed by atoms with Gasteiger partial charge in [-0.2, -0.15) is 0 Å². The van der Waals surface area contributed by atoms with Gasteiger partial charge < -0.3 is 4.42 Å². The fourth-order valence-electron chi connectivity index (χ4n) is 2.14. The molecule has 0 spiro atoms. The Labute approximate surface area is 90.7 Å². The zero-order valence-electron chi connectivity index (χ0n) is 9.51. The molecule has 15 heavy (non-hydrogen) atoms. The zero-order valence-corrected chi connectivity index (χ0v) is 9.51. The standard InChI is InChI=1S/C13H18O2/c1-3-9(2)12(14)13-11-7-5-4-6-10(11)8-15-13/h8-9H,3-7H2,1-2H3. The number of hydrogen-bond donors (Lipinski definition) is 0. The van der Waals surface area contributed by atoms with Crippen LogP contribution in [0.2, 0.25) is 0 Å². The maximum absolute atomic E-state index is 12.0. The molecule has 0 radical (unpaired) electrons. The minimum Gasteiger partial charge on any atom is -0.461 e. The Kier molecular flexibility index (Phi) is 2.94. The number of carbonyl (C=O) groups is 1. The highest BCUT2D eigenvalue weighted by atomic mass is 16.3. The molecule has 0 aromatic carbocycles. The van der Waals surface area contributed by atoms with E-state index in [4.69, 9.17) is 4.42 Å². The van der Waals surface area contributed by atoms with Crippen LogP contribution in [0.5, 0.6) is 0 Å². The third-order valence-corrected chi connectivity index (χ3v) is 3.39. The lowest BCUT2D eigenvalue weighted by Gasteiger charge is -2.12. The molecule has 1 aromatic rings.